The average Bonchev–Trinajstić information content (AvgIpc) is 2.74. The molecule has 1 saturated heterocycles. The molecule has 2 unspecified atom stereocenters. The second-order valence-corrected chi connectivity index (χ2v) is 5.31. The van der Waals surface area contributed by atoms with Crippen molar-refractivity contribution >= 4 is 11.9 Å². The lowest BCUT2D eigenvalue weighted by Crippen LogP contribution is -2.41. The van der Waals surface area contributed by atoms with Gasteiger partial charge in [0, 0.05) is 12.5 Å². The second-order valence-electron chi connectivity index (χ2n) is 5.31. The number of hydrogen-bond acceptors (Lipinski definition) is 2. The molecule has 3 aliphatic rings. The van der Waals surface area contributed by atoms with Crippen LogP contribution >= 0.6 is 0 Å². The summed E-state index contributed by atoms with van der Waals surface area (Å²) in [5.74, 6) is 0.634. The summed E-state index contributed by atoms with van der Waals surface area (Å²) in [6.45, 7) is 0.645. The quantitative estimate of drug-likeness (QED) is 0.763. The Labute approximate surface area is 94.6 Å². The van der Waals surface area contributed by atoms with Gasteiger partial charge in [0.2, 0.25) is 5.91 Å². The van der Waals surface area contributed by atoms with Gasteiger partial charge in [0.25, 0.3) is 0 Å². The Morgan fingerprint density at radius 3 is 2.38 bits per heavy atom. The van der Waals surface area contributed by atoms with Crippen molar-refractivity contribution in [1.82, 2.24) is 4.90 Å². The molecule has 2 saturated carbocycles. The molecule has 1 aliphatic heterocycles. The molecule has 1 N–H and O–H groups in total. The number of rotatable bonds is 2. The number of aliphatic carboxylic acids is 1. The number of fused-ring (bicyclic) bond motifs is 1. The average molecular weight is 223 g/mol. The van der Waals surface area contributed by atoms with Gasteiger partial charge < -0.3 is 10.0 Å². The number of hydrogen-bond donors (Lipinski definition) is 1. The molecule has 0 aromatic heterocycles. The zero-order valence-electron chi connectivity index (χ0n) is 9.26. The molecule has 3 atom stereocenters. The van der Waals surface area contributed by atoms with Gasteiger partial charge in [0.1, 0.15) is 6.04 Å². The largest absolute Gasteiger partial charge is 0.480 e. The Balaban J connectivity index is 1.69. The third-order valence-corrected chi connectivity index (χ3v) is 4.51. The van der Waals surface area contributed by atoms with Gasteiger partial charge in [0.15, 0.2) is 0 Å². The summed E-state index contributed by atoms with van der Waals surface area (Å²) in [6, 6.07) is -0.547. The van der Waals surface area contributed by atoms with Crippen molar-refractivity contribution < 1.29 is 14.7 Å². The minimum Gasteiger partial charge on any atom is -0.480 e. The molecule has 4 heteroatoms. The monoisotopic (exact) mass is 223 g/mol. The van der Waals surface area contributed by atoms with Gasteiger partial charge in [-0.15, -0.1) is 0 Å². The first-order chi connectivity index (χ1) is 7.70. The Morgan fingerprint density at radius 1 is 1.06 bits per heavy atom. The van der Waals surface area contributed by atoms with Crippen LogP contribution in [0, 0.1) is 17.8 Å². The highest BCUT2D eigenvalue weighted by molar-refractivity contribution is 5.87. The van der Waals surface area contributed by atoms with Gasteiger partial charge in [-0.25, -0.2) is 4.79 Å². The maximum atomic E-state index is 12.2. The highest BCUT2D eigenvalue weighted by atomic mass is 16.4. The van der Waals surface area contributed by atoms with Crippen LogP contribution in [0.2, 0.25) is 0 Å². The first-order valence-electron chi connectivity index (χ1n) is 6.23. The number of amides is 1. The third-order valence-electron chi connectivity index (χ3n) is 4.51. The Morgan fingerprint density at radius 2 is 1.75 bits per heavy atom. The SMILES string of the molecule is O=C(O)[C@@H]1CCCN1C(=O)C1C2CCCC21. The predicted molar refractivity (Wildman–Crippen MR) is 56.7 cm³/mol. The van der Waals surface area contributed by atoms with Crippen LogP contribution in [-0.2, 0) is 9.59 Å². The lowest BCUT2D eigenvalue weighted by molar-refractivity contribution is -0.149. The van der Waals surface area contributed by atoms with Crippen LogP contribution in [-0.4, -0.2) is 34.5 Å². The highest BCUT2D eigenvalue weighted by Crippen LogP contribution is 2.58. The zero-order chi connectivity index (χ0) is 11.3. The van der Waals surface area contributed by atoms with Gasteiger partial charge in [-0.05, 0) is 37.5 Å². The summed E-state index contributed by atoms with van der Waals surface area (Å²) in [5, 5.41) is 9.04. The van der Waals surface area contributed by atoms with E-state index in [0.29, 0.717) is 24.8 Å². The molecule has 4 nitrogen and oxygen atoms in total. The molecule has 3 fully saturated rings. The van der Waals surface area contributed by atoms with Crippen molar-refractivity contribution in [3.63, 3.8) is 0 Å². The lowest BCUT2D eigenvalue weighted by Gasteiger charge is -2.22. The van der Waals surface area contributed by atoms with E-state index in [1.807, 2.05) is 0 Å². The first kappa shape index (κ1) is 10.1. The lowest BCUT2D eigenvalue weighted by atomic mass is 10.1. The summed E-state index contributed by atoms with van der Waals surface area (Å²) >= 11 is 0. The molecule has 16 heavy (non-hydrogen) atoms. The van der Waals surface area contributed by atoms with Crippen LogP contribution in [0.4, 0.5) is 0 Å². The van der Waals surface area contributed by atoms with Crippen molar-refractivity contribution in [3.8, 4) is 0 Å². The van der Waals surface area contributed by atoms with E-state index >= 15 is 0 Å². The summed E-state index contributed by atoms with van der Waals surface area (Å²) in [7, 11) is 0. The molecule has 0 radical (unpaired) electrons. The van der Waals surface area contributed by atoms with Gasteiger partial charge in [0.05, 0.1) is 0 Å². The van der Waals surface area contributed by atoms with Crippen molar-refractivity contribution in [1.29, 1.82) is 0 Å². The first-order valence-corrected chi connectivity index (χ1v) is 6.23. The third kappa shape index (κ3) is 1.35. The van der Waals surface area contributed by atoms with E-state index in [2.05, 4.69) is 0 Å². The van der Waals surface area contributed by atoms with E-state index in [9.17, 15) is 9.59 Å². The number of carboxylic acids is 1. The molecule has 3 rings (SSSR count). The van der Waals surface area contributed by atoms with Crippen molar-refractivity contribution in [2.75, 3.05) is 6.54 Å². The van der Waals surface area contributed by atoms with Crippen molar-refractivity contribution in [2.24, 2.45) is 17.8 Å². The standard InChI is InChI=1S/C12H17NO3/c14-11(10-7-3-1-4-8(7)10)13-6-2-5-9(13)12(15)16/h7-10H,1-6H2,(H,15,16)/t7?,8?,9-,10?/m0/s1. The van der Waals surface area contributed by atoms with E-state index in [1.165, 1.54) is 19.3 Å². The fourth-order valence-corrected chi connectivity index (χ4v) is 3.67. The topological polar surface area (TPSA) is 57.6 Å². The molecule has 0 bridgehead atoms. The smallest absolute Gasteiger partial charge is 0.326 e. The minimum absolute atomic E-state index is 0.125. The van der Waals surface area contributed by atoms with Crippen LogP contribution in [0.15, 0.2) is 0 Å². The van der Waals surface area contributed by atoms with E-state index in [0.717, 1.165) is 6.42 Å². The summed E-state index contributed by atoms with van der Waals surface area (Å²) < 4.78 is 0. The van der Waals surface area contributed by atoms with Crippen LogP contribution in [0.1, 0.15) is 32.1 Å². The summed E-state index contributed by atoms with van der Waals surface area (Å²) in [6.07, 6.45) is 5.06. The Hall–Kier alpha value is -1.06. The zero-order valence-corrected chi connectivity index (χ0v) is 9.26. The van der Waals surface area contributed by atoms with Crippen LogP contribution in [0.25, 0.3) is 0 Å². The van der Waals surface area contributed by atoms with E-state index in [1.54, 1.807) is 4.90 Å². The minimum atomic E-state index is -0.836. The molecule has 0 aromatic rings. The molecule has 2 aliphatic carbocycles. The maximum absolute atomic E-state index is 12.2. The van der Waals surface area contributed by atoms with Crippen molar-refractivity contribution in [2.45, 2.75) is 38.1 Å². The van der Waals surface area contributed by atoms with E-state index in [-0.39, 0.29) is 11.8 Å². The molecule has 1 heterocycles. The predicted octanol–water partition coefficient (Wildman–Crippen LogP) is 1.11. The number of carbonyl (C=O) groups is 2. The number of nitrogens with zero attached hydrogens (tertiary/aromatic N) is 1. The Kier molecular flexibility index (Phi) is 2.19. The van der Waals surface area contributed by atoms with Crippen LogP contribution < -0.4 is 0 Å². The normalized spacial score (nSPS) is 40.9. The van der Waals surface area contributed by atoms with Gasteiger partial charge in [-0.3, -0.25) is 4.79 Å². The molecule has 88 valence electrons. The molecular formula is C12H17NO3. The van der Waals surface area contributed by atoms with Gasteiger partial charge >= 0.3 is 5.97 Å². The molecular weight excluding hydrogens is 206 g/mol. The van der Waals surface area contributed by atoms with Gasteiger partial charge in [-0.1, -0.05) is 6.42 Å². The summed E-state index contributed by atoms with van der Waals surface area (Å²) in [4.78, 5) is 24.8. The molecule has 1 amide bonds. The van der Waals surface area contributed by atoms with E-state index in [4.69, 9.17) is 5.11 Å². The summed E-state index contributed by atoms with van der Waals surface area (Å²) in [5.41, 5.74) is 0. The molecule has 0 spiro atoms. The van der Waals surface area contributed by atoms with Crippen LogP contribution in [0.5, 0.6) is 0 Å². The molecule has 0 aromatic carbocycles. The maximum Gasteiger partial charge on any atom is 0.326 e. The van der Waals surface area contributed by atoms with Crippen molar-refractivity contribution in [3.05, 3.63) is 0 Å². The number of likely N-dealkylation sites (tertiary alicyclic amines) is 1. The van der Waals surface area contributed by atoms with Gasteiger partial charge in [-0.2, -0.15) is 0 Å². The Bertz CT molecular complexity index is 331. The highest BCUT2D eigenvalue weighted by Gasteiger charge is 2.58. The van der Waals surface area contributed by atoms with Crippen LogP contribution in [0.3, 0.4) is 0 Å². The number of carbonyl (C=O) groups excluding carboxylic acids is 1. The fourth-order valence-electron chi connectivity index (χ4n) is 3.67. The van der Waals surface area contributed by atoms with E-state index < -0.39 is 12.0 Å². The fraction of sp³-hybridized carbons (Fsp3) is 0.833. The second kappa shape index (κ2) is 3.47. The number of carboxylic acid groups (broad SMARTS) is 1.